The molecule has 0 aromatic heterocycles. The zero-order chi connectivity index (χ0) is 52.4. The van der Waals surface area contributed by atoms with E-state index in [1.54, 1.807) is 0 Å². The van der Waals surface area contributed by atoms with E-state index < -0.39 is 140 Å². The van der Waals surface area contributed by atoms with E-state index in [2.05, 4.69) is 40.7 Å². The van der Waals surface area contributed by atoms with Crippen molar-refractivity contribution in [2.24, 2.45) is 50.2 Å². The molecule has 72 heavy (non-hydrogen) atoms. The summed E-state index contributed by atoms with van der Waals surface area (Å²) in [7, 11) is 0. The molecule has 4 saturated heterocycles. The normalized spacial score (nSPS) is 55.6. The van der Waals surface area contributed by atoms with Crippen molar-refractivity contribution in [1.82, 2.24) is 0 Å². The Hall–Kier alpha value is -1.51. The molecule has 9 aliphatic rings. The van der Waals surface area contributed by atoms with Crippen LogP contribution in [-0.4, -0.2) is 199 Å². The van der Waals surface area contributed by atoms with Gasteiger partial charge >= 0.3 is 5.97 Å². The molecule has 0 bridgehead atoms. The fraction of sp³-hybridized carbons (Fsp3) is 0.942. The van der Waals surface area contributed by atoms with Gasteiger partial charge in [-0.05, 0) is 117 Å². The maximum absolute atomic E-state index is 13.2. The quantitative estimate of drug-likeness (QED) is 0.107. The van der Waals surface area contributed by atoms with Crippen LogP contribution in [0.4, 0.5) is 0 Å². The monoisotopic (exact) mass is 1030 g/mol. The second kappa shape index (κ2) is 19.7. The molecule has 0 unspecified atom stereocenters. The van der Waals surface area contributed by atoms with Crippen molar-refractivity contribution in [1.29, 1.82) is 0 Å². The van der Waals surface area contributed by atoms with Crippen LogP contribution in [0.1, 0.15) is 120 Å². The van der Waals surface area contributed by atoms with Crippen molar-refractivity contribution in [3.63, 3.8) is 0 Å². The van der Waals surface area contributed by atoms with Crippen molar-refractivity contribution in [2.75, 3.05) is 19.8 Å². The summed E-state index contributed by atoms with van der Waals surface area (Å²) in [5.74, 6) is -0.448. The van der Waals surface area contributed by atoms with Gasteiger partial charge in [0, 0.05) is 5.41 Å². The Morgan fingerprint density at radius 2 is 1.17 bits per heavy atom. The van der Waals surface area contributed by atoms with Crippen LogP contribution in [0, 0.1) is 50.2 Å². The van der Waals surface area contributed by atoms with Gasteiger partial charge in [0.1, 0.15) is 73.2 Å². The van der Waals surface area contributed by atoms with Crippen LogP contribution in [0.3, 0.4) is 0 Å². The number of aliphatic hydroxyl groups excluding tert-OH is 10. The van der Waals surface area contributed by atoms with E-state index in [0.717, 1.165) is 44.9 Å². The van der Waals surface area contributed by atoms with Gasteiger partial charge in [0.05, 0.1) is 43.5 Å². The summed E-state index contributed by atoms with van der Waals surface area (Å²) in [5, 5.41) is 121. The van der Waals surface area contributed by atoms with Crippen LogP contribution in [0.25, 0.3) is 0 Å². The number of rotatable bonds is 10. The molecule has 0 aromatic carbocycles. The van der Waals surface area contributed by atoms with Crippen LogP contribution in [0.15, 0.2) is 11.6 Å². The summed E-state index contributed by atoms with van der Waals surface area (Å²) in [4.78, 5) is 13.2. The Labute approximate surface area is 421 Å². The molecule has 20 nitrogen and oxygen atoms in total. The van der Waals surface area contributed by atoms with Gasteiger partial charge in [-0.3, -0.25) is 4.79 Å². The minimum Gasteiger partial charge on any atom is -0.481 e. The van der Waals surface area contributed by atoms with Gasteiger partial charge < -0.3 is 94.1 Å². The second-order valence-electron chi connectivity index (χ2n) is 25.2. The third-order valence-corrected chi connectivity index (χ3v) is 20.8. The summed E-state index contributed by atoms with van der Waals surface area (Å²) >= 11 is 0. The van der Waals surface area contributed by atoms with Crippen molar-refractivity contribution in [3.05, 3.63) is 11.6 Å². The first-order valence-corrected chi connectivity index (χ1v) is 26.5. The summed E-state index contributed by atoms with van der Waals surface area (Å²) in [6.45, 7) is 15.8. The Morgan fingerprint density at radius 1 is 0.611 bits per heavy atom. The molecule has 0 aromatic rings. The van der Waals surface area contributed by atoms with E-state index in [4.69, 9.17) is 37.9 Å². The van der Waals surface area contributed by atoms with Gasteiger partial charge in [-0.1, -0.05) is 53.2 Å². The molecule has 4 saturated carbocycles. The number of fused-ring (bicyclic) bond motifs is 7. The molecule has 9 rings (SSSR count). The fourth-order valence-corrected chi connectivity index (χ4v) is 16.0. The summed E-state index contributed by atoms with van der Waals surface area (Å²) in [6.07, 6.45) is -18.0. The van der Waals surface area contributed by atoms with Crippen molar-refractivity contribution in [3.8, 4) is 0 Å². The van der Waals surface area contributed by atoms with Crippen LogP contribution in [0.2, 0.25) is 0 Å². The number of aliphatic hydroxyl groups is 10. The third kappa shape index (κ3) is 8.78. The summed E-state index contributed by atoms with van der Waals surface area (Å²) < 4.78 is 48.0. The van der Waals surface area contributed by atoms with Gasteiger partial charge in [-0.2, -0.15) is 0 Å². The molecule has 0 radical (unpaired) electrons. The van der Waals surface area contributed by atoms with Gasteiger partial charge in [0.25, 0.3) is 0 Å². The molecule has 0 spiro atoms. The molecular formula is C52H84O20. The van der Waals surface area contributed by atoms with Gasteiger partial charge in [-0.15, -0.1) is 0 Å². The molecule has 20 heteroatoms. The Kier molecular flexibility index (Phi) is 15.2. The molecule has 8 fully saturated rings. The lowest BCUT2D eigenvalue weighted by Gasteiger charge is -2.71. The minimum absolute atomic E-state index is 0.00570. The summed E-state index contributed by atoms with van der Waals surface area (Å²) in [6, 6.07) is 0. The lowest BCUT2D eigenvalue weighted by Crippen LogP contribution is -2.67. The first-order chi connectivity index (χ1) is 33.7. The van der Waals surface area contributed by atoms with E-state index in [1.165, 1.54) is 19.4 Å². The number of carboxylic acids is 1. The first kappa shape index (κ1) is 55.3. The standard InChI is InChI=1S/C52H84O20/c1-23-32(56)39(70-42-36(60)34(58)27(54)20-65-42)37(61)43(67-23)71-40-33(57)24(2)68-44(38(40)62)72-41-35(59)28(55)21-66-45(41)69-31-12-13-48(5)29(49(31,6)22-53)11-14-51(8)30(48)10-9-25-26-19-47(3,4)15-17-52(26,46(63)64)18-16-50(25,51)7/h9,23-24,26-45,53-62H,10-22H2,1-8H3,(H,63,64)/t23-,24-,26+,27-,28-,29+,30+,31-,32-,33-,34+,35+,36-,37-,38-,39+,40+,41-,42+,43+,44+,45+,48-,49-,50+,51+,52+/m0/s1. The molecule has 412 valence electrons. The Balaban J connectivity index is 0.912. The van der Waals surface area contributed by atoms with Gasteiger partial charge in [0.15, 0.2) is 25.2 Å². The molecule has 0 amide bonds. The van der Waals surface area contributed by atoms with Crippen LogP contribution >= 0.6 is 0 Å². The van der Waals surface area contributed by atoms with E-state index in [0.29, 0.717) is 19.3 Å². The van der Waals surface area contributed by atoms with Crippen molar-refractivity contribution >= 4 is 5.97 Å². The van der Waals surface area contributed by atoms with Crippen LogP contribution in [-0.2, 0) is 42.7 Å². The largest absolute Gasteiger partial charge is 0.481 e. The Bertz CT molecular complexity index is 1990. The number of carbonyl (C=O) groups is 1. The molecule has 11 N–H and O–H groups in total. The van der Waals surface area contributed by atoms with Crippen LogP contribution < -0.4 is 0 Å². The van der Waals surface area contributed by atoms with E-state index in [-0.39, 0.29) is 52.6 Å². The van der Waals surface area contributed by atoms with Crippen molar-refractivity contribution in [2.45, 2.75) is 236 Å². The highest BCUT2D eigenvalue weighted by Crippen LogP contribution is 2.76. The molecule has 4 heterocycles. The highest BCUT2D eigenvalue weighted by Gasteiger charge is 2.70. The minimum atomic E-state index is -1.84. The zero-order valence-electron chi connectivity index (χ0n) is 43.1. The lowest BCUT2D eigenvalue weighted by atomic mass is 9.33. The van der Waals surface area contributed by atoms with E-state index >= 15 is 0 Å². The predicted octanol–water partition coefficient (Wildman–Crippen LogP) is 0.836. The molecular weight excluding hydrogens is 945 g/mol. The number of hydrogen-bond donors (Lipinski definition) is 11. The average molecular weight is 1030 g/mol. The number of ether oxygens (including phenoxy) is 8. The highest BCUT2D eigenvalue weighted by atomic mass is 16.8. The second-order valence-corrected chi connectivity index (χ2v) is 25.2. The van der Waals surface area contributed by atoms with Gasteiger partial charge in [0.2, 0.25) is 0 Å². The smallest absolute Gasteiger partial charge is 0.310 e. The highest BCUT2D eigenvalue weighted by molar-refractivity contribution is 5.76. The Morgan fingerprint density at radius 3 is 1.76 bits per heavy atom. The average Bonchev–Trinajstić information content (AvgIpc) is 3.32. The number of carboxylic acid groups (broad SMARTS) is 1. The van der Waals surface area contributed by atoms with Gasteiger partial charge in [-0.25, -0.2) is 0 Å². The van der Waals surface area contributed by atoms with E-state index in [1.807, 2.05) is 6.92 Å². The SMILES string of the molecule is C[C@@H]1O[C@H](O[C@H]2[C@H](O)[C@@H](O[C@@H]3[C@@H](O[C@H]4CC[C@@]5(C)[C@@H](CC[C@]6(C)[C@@H]5CC=C5[C@H]7CC(C)(C)CC[C@@]7(C(=O)O)CC[C@]56C)[C@]4(C)CO)OC[C@H](O)[C@H]3O)O[C@@H](C)[C@@H]2O)[C@@H](O)[C@H](O[C@H]2OC[C@H](O)[C@@H](O)[C@@H]2O)[C@H]1O. The first-order valence-electron chi connectivity index (χ1n) is 26.5. The maximum atomic E-state index is 13.2. The number of aliphatic carboxylic acids is 1. The predicted molar refractivity (Wildman–Crippen MR) is 250 cm³/mol. The zero-order valence-corrected chi connectivity index (χ0v) is 43.1. The van der Waals surface area contributed by atoms with Crippen LogP contribution in [0.5, 0.6) is 0 Å². The third-order valence-electron chi connectivity index (χ3n) is 20.8. The molecule has 4 aliphatic heterocycles. The topological polar surface area (TPSA) is 313 Å². The lowest BCUT2D eigenvalue weighted by molar-refractivity contribution is -0.387. The number of hydrogen-bond acceptors (Lipinski definition) is 19. The fourth-order valence-electron chi connectivity index (χ4n) is 16.0. The van der Waals surface area contributed by atoms with E-state index in [9.17, 15) is 61.0 Å². The number of allylic oxidation sites excluding steroid dienone is 2. The maximum Gasteiger partial charge on any atom is 0.310 e. The molecule has 27 atom stereocenters. The summed E-state index contributed by atoms with van der Waals surface area (Å²) in [5.41, 5.74) is -0.720. The molecule has 5 aliphatic carbocycles. The van der Waals surface area contributed by atoms with Crippen molar-refractivity contribution < 1.29 is 98.9 Å².